The molecule has 2 aliphatic rings. The van der Waals surface area contributed by atoms with Crippen molar-refractivity contribution in [2.24, 2.45) is 5.41 Å². The summed E-state index contributed by atoms with van der Waals surface area (Å²) < 4.78 is 5.52. The van der Waals surface area contributed by atoms with E-state index in [9.17, 15) is 9.90 Å². The number of hydrogen-bond acceptors (Lipinski definition) is 3. The molecular weight excluding hydrogens is 300 g/mol. The van der Waals surface area contributed by atoms with E-state index < -0.39 is 0 Å². The highest BCUT2D eigenvalue weighted by Gasteiger charge is 2.50. The van der Waals surface area contributed by atoms with Crippen molar-refractivity contribution in [3.8, 4) is 5.75 Å². The summed E-state index contributed by atoms with van der Waals surface area (Å²) in [7, 11) is 1.63. The zero-order valence-electron chi connectivity index (χ0n) is 15.6. The van der Waals surface area contributed by atoms with Gasteiger partial charge in [0.15, 0.2) is 5.76 Å². The van der Waals surface area contributed by atoms with Crippen LogP contribution in [-0.4, -0.2) is 18.0 Å². The molecule has 0 bridgehead atoms. The summed E-state index contributed by atoms with van der Waals surface area (Å²) in [5, 5.41) is 10.8. The van der Waals surface area contributed by atoms with Gasteiger partial charge in [0.05, 0.1) is 7.11 Å². The molecule has 3 rings (SSSR count). The Labute approximate surface area is 144 Å². The van der Waals surface area contributed by atoms with Gasteiger partial charge in [-0.3, -0.25) is 4.79 Å². The van der Waals surface area contributed by atoms with E-state index in [4.69, 9.17) is 4.74 Å². The van der Waals surface area contributed by atoms with Gasteiger partial charge in [0.2, 0.25) is 5.78 Å². The number of hydrogen-bond donors (Lipinski definition) is 1. The molecule has 3 nitrogen and oxygen atoms in total. The first-order valence-electron chi connectivity index (χ1n) is 8.85. The molecule has 1 saturated carbocycles. The summed E-state index contributed by atoms with van der Waals surface area (Å²) in [6.07, 6.45) is 3.05. The zero-order valence-corrected chi connectivity index (χ0v) is 15.6. The topological polar surface area (TPSA) is 46.5 Å². The van der Waals surface area contributed by atoms with Gasteiger partial charge in [0, 0.05) is 11.0 Å². The number of Topliss-reactive ketones (excluding diaryl/α,β-unsaturated/α-hetero) is 1. The minimum atomic E-state index is -0.287. The molecule has 1 aromatic carbocycles. The standard InChI is InChI=1S/C21H28O3/c1-12(2)13-10-15-14(11-16(13)24-6)17(22)18(23)19-20(3,4)8-7-9-21(15,19)5/h10-12,23H,7-9H2,1-6H3/t21-/m1/s1. The van der Waals surface area contributed by atoms with E-state index >= 15 is 0 Å². The van der Waals surface area contributed by atoms with E-state index in [-0.39, 0.29) is 22.4 Å². The number of aliphatic hydroxyl groups excluding tert-OH is 1. The second-order valence-corrected chi connectivity index (χ2v) is 8.42. The van der Waals surface area contributed by atoms with Gasteiger partial charge in [-0.2, -0.15) is 0 Å². The summed E-state index contributed by atoms with van der Waals surface area (Å²) in [5.74, 6) is 0.727. The van der Waals surface area contributed by atoms with Crippen LogP contribution in [0.25, 0.3) is 0 Å². The molecule has 3 heteroatoms. The Morgan fingerprint density at radius 2 is 1.83 bits per heavy atom. The van der Waals surface area contributed by atoms with E-state index in [1.807, 2.05) is 6.07 Å². The fourth-order valence-corrected chi connectivity index (χ4v) is 4.84. The smallest absolute Gasteiger partial charge is 0.227 e. The van der Waals surface area contributed by atoms with Gasteiger partial charge in [0.25, 0.3) is 0 Å². The molecule has 1 N–H and O–H groups in total. The van der Waals surface area contributed by atoms with Crippen molar-refractivity contribution in [3.05, 3.63) is 40.2 Å². The first-order valence-corrected chi connectivity index (χ1v) is 8.85. The van der Waals surface area contributed by atoms with Crippen molar-refractivity contribution in [3.63, 3.8) is 0 Å². The number of methoxy groups -OCH3 is 1. The zero-order chi connectivity index (χ0) is 17.9. The van der Waals surface area contributed by atoms with Crippen molar-refractivity contribution in [2.45, 2.75) is 65.2 Å². The average molecular weight is 328 g/mol. The Kier molecular flexibility index (Phi) is 3.82. The molecule has 0 saturated heterocycles. The normalized spacial score (nSPS) is 25.5. The highest BCUT2D eigenvalue weighted by atomic mass is 16.5. The van der Waals surface area contributed by atoms with Gasteiger partial charge in [-0.1, -0.05) is 47.1 Å². The van der Waals surface area contributed by atoms with Crippen molar-refractivity contribution in [2.75, 3.05) is 7.11 Å². The molecule has 0 unspecified atom stereocenters. The van der Waals surface area contributed by atoms with E-state index in [0.717, 1.165) is 41.7 Å². The van der Waals surface area contributed by atoms with Gasteiger partial charge < -0.3 is 9.84 Å². The Bertz CT molecular complexity index is 740. The predicted molar refractivity (Wildman–Crippen MR) is 96.1 cm³/mol. The van der Waals surface area contributed by atoms with Crippen molar-refractivity contribution >= 4 is 5.78 Å². The maximum absolute atomic E-state index is 12.9. The number of allylic oxidation sites excluding steroid dienone is 2. The second kappa shape index (κ2) is 5.37. The minimum Gasteiger partial charge on any atom is -0.504 e. The monoisotopic (exact) mass is 328 g/mol. The molecule has 1 fully saturated rings. The van der Waals surface area contributed by atoms with Gasteiger partial charge in [-0.05, 0) is 46.9 Å². The quantitative estimate of drug-likeness (QED) is 0.802. The molecule has 0 heterocycles. The molecule has 0 radical (unpaired) electrons. The number of carbonyl (C=O) groups is 1. The van der Waals surface area contributed by atoms with Crippen LogP contribution in [-0.2, 0) is 5.41 Å². The largest absolute Gasteiger partial charge is 0.504 e. The molecule has 2 aliphatic carbocycles. The van der Waals surface area contributed by atoms with Gasteiger partial charge in [-0.25, -0.2) is 0 Å². The van der Waals surface area contributed by atoms with E-state index in [0.29, 0.717) is 11.5 Å². The minimum absolute atomic E-state index is 0.0472. The maximum Gasteiger partial charge on any atom is 0.227 e. The Balaban J connectivity index is 2.33. The van der Waals surface area contributed by atoms with Gasteiger partial charge in [0.1, 0.15) is 5.75 Å². The number of fused-ring (bicyclic) bond motifs is 3. The molecule has 0 spiro atoms. The van der Waals surface area contributed by atoms with Crippen molar-refractivity contribution < 1.29 is 14.6 Å². The average Bonchev–Trinajstić information content (AvgIpc) is 2.50. The number of ether oxygens (including phenoxy) is 1. The van der Waals surface area contributed by atoms with E-state index in [2.05, 4.69) is 40.7 Å². The molecule has 1 atom stereocenters. The lowest BCUT2D eigenvalue weighted by molar-refractivity contribution is 0.0940. The number of aliphatic hydroxyl groups is 1. The van der Waals surface area contributed by atoms with Crippen LogP contribution in [0.4, 0.5) is 0 Å². The summed E-state index contributed by atoms with van der Waals surface area (Å²) >= 11 is 0. The predicted octanol–water partition coefficient (Wildman–Crippen LogP) is 5.29. The third-order valence-corrected chi connectivity index (χ3v) is 5.99. The van der Waals surface area contributed by atoms with Crippen LogP contribution in [0.15, 0.2) is 23.5 Å². The Hall–Kier alpha value is -1.77. The first-order chi connectivity index (χ1) is 11.1. The molecule has 130 valence electrons. The second-order valence-electron chi connectivity index (χ2n) is 8.42. The van der Waals surface area contributed by atoms with Crippen molar-refractivity contribution in [1.29, 1.82) is 0 Å². The van der Waals surface area contributed by atoms with Crippen molar-refractivity contribution in [1.82, 2.24) is 0 Å². The number of benzene rings is 1. The molecule has 0 amide bonds. The van der Waals surface area contributed by atoms with Crippen LogP contribution < -0.4 is 4.74 Å². The molecular formula is C21H28O3. The maximum atomic E-state index is 12.9. The Morgan fingerprint density at radius 1 is 1.17 bits per heavy atom. The lowest BCUT2D eigenvalue weighted by Crippen LogP contribution is -2.43. The van der Waals surface area contributed by atoms with Crippen LogP contribution in [0.3, 0.4) is 0 Å². The summed E-state index contributed by atoms with van der Waals surface area (Å²) in [5.41, 5.74) is 3.23. The summed E-state index contributed by atoms with van der Waals surface area (Å²) in [4.78, 5) is 12.9. The number of carbonyl (C=O) groups excluding carboxylic acids is 1. The van der Waals surface area contributed by atoms with Gasteiger partial charge in [-0.15, -0.1) is 0 Å². The molecule has 0 aliphatic heterocycles. The molecule has 24 heavy (non-hydrogen) atoms. The van der Waals surface area contributed by atoms with E-state index in [1.165, 1.54) is 0 Å². The fourth-order valence-electron chi connectivity index (χ4n) is 4.84. The molecule has 1 aromatic rings. The lowest BCUT2D eigenvalue weighted by atomic mass is 9.54. The van der Waals surface area contributed by atoms with Crippen LogP contribution in [0.2, 0.25) is 0 Å². The summed E-state index contributed by atoms with van der Waals surface area (Å²) in [6, 6.07) is 3.97. The molecule has 0 aromatic heterocycles. The van der Waals surface area contributed by atoms with Crippen LogP contribution in [0.5, 0.6) is 5.75 Å². The van der Waals surface area contributed by atoms with Crippen LogP contribution in [0, 0.1) is 5.41 Å². The highest BCUT2D eigenvalue weighted by Crippen LogP contribution is 2.56. The third-order valence-electron chi connectivity index (χ3n) is 5.99. The van der Waals surface area contributed by atoms with Gasteiger partial charge >= 0.3 is 0 Å². The fraction of sp³-hybridized carbons (Fsp3) is 0.571. The van der Waals surface area contributed by atoms with Crippen LogP contribution in [0.1, 0.15) is 81.3 Å². The third kappa shape index (κ3) is 2.21. The Morgan fingerprint density at radius 3 is 2.42 bits per heavy atom. The number of ketones is 1. The van der Waals surface area contributed by atoms with Crippen LogP contribution >= 0.6 is 0 Å². The SMILES string of the molecule is COc1cc2c(cc1C(C)C)[C@@]1(C)CCCC(C)(C)C1=C(O)C2=O. The van der Waals surface area contributed by atoms with E-state index in [1.54, 1.807) is 7.11 Å². The lowest BCUT2D eigenvalue weighted by Gasteiger charge is -2.49. The first kappa shape index (κ1) is 17.1. The highest BCUT2D eigenvalue weighted by molar-refractivity contribution is 6.11. The summed E-state index contributed by atoms with van der Waals surface area (Å²) in [6.45, 7) is 10.7. The number of rotatable bonds is 2.